The van der Waals surface area contributed by atoms with E-state index in [1.54, 1.807) is 36.1 Å². The first-order valence-corrected chi connectivity index (χ1v) is 14.6. The highest BCUT2D eigenvalue weighted by molar-refractivity contribution is 8.32. The molecule has 3 aromatic carbocycles. The van der Waals surface area contributed by atoms with Gasteiger partial charge in [-0.05, 0) is 73.1 Å². The van der Waals surface area contributed by atoms with Crippen molar-refractivity contribution in [3.8, 4) is 5.75 Å². The number of benzene rings is 3. The summed E-state index contributed by atoms with van der Waals surface area (Å²) in [5, 5.41) is 17.3. The number of carbonyl (C=O) groups excluding carboxylic acids is 1. The van der Waals surface area contributed by atoms with Gasteiger partial charge in [0.05, 0.1) is 17.9 Å². The van der Waals surface area contributed by atoms with Gasteiger partial charge in [-0.3, -0.25) is 25.5 Å². The van der Waals surface area contributed by atoms with Crippen LogP contribution in [0.1, 0.15) is 28.4 Å². The van der Waals surface area contributed by atoms with Gasteiger partial charge in [-0.2, -0.15) is 0 Å². The largest absolute Gasteiger partial charge is 0.485 e. The molecule has 0 fully saturated rings. The molecular formula is C28H29ClN4O2S. The highest BCUT2D eigenvalue weighted by Crippen LogP contribution is 2.44. The molecule has 0 unspecified atom stereocenters. The zero-order chi connectivity index (χ0) is 26.0. The second-order valence-corrected chi connectivity index (χ2v) is 13.9. The molecule has 1 aliphatic heterocycles. The van der Waals surface area contributed by atoms with Crippen LogP contribution in [0.5, 0.6) is 5.75 Å². The molecule has 6 nitrogen and oxygen atoms in total. The van der Waals surface area contributed by atoms with Crippen molar-refractivity contribution in [2.45, 2.75) is 11.8 Å². The molecule has 2 N–H and O–H groups in total. The smallest absolute Gasteiger partial charge is 0.200 e. The van der Waals surface area contributed by atoms with Crippen molar-refractivity contribution in [2.24, 2.45) is 4.99 Å². The van der Waals surface area contributed by atoms with Gasteiger partial charge in [-0.15, -0.1) is 0 Å². The van der Waals surface area contributed by atoms with E-state index in [-0.39, 0.29) is 30.6 Å². The molecule has 0 saturated heterocycles. The van der Waals surface area contributed by atoms with Gasteiger partial charge in [-0.25, -0.2) is 10.0 Å². The van der Waals surface area contributed by atoms with Crippen LogP contribution in [-0.2, 0) is 0 Å². The molecule has 1 aliphatic rings. The van der Waals surface area contributed by atoms with Crippen molar-refractivity contribution in [1.82, 2.24) is 0 Å². The van der Waals surface area contributed by atoms with E-state index in [1.165, 1.54) is 4.90 Å². The predicted octanol–water partition coefficient (Wildman–Crippen LogP) is 6.29. The van der Waals surface area contributed by atoms with Gasteiger partial charge in [0, 0.05) is 21.7 Å². The first kappa shape index (κ1) is 25.7. The maximum atomic E-state index is 12.8. The number of rotatable bonds is 6. The Morgan fingerprint density at radius 3 is 2.33 bits per heavy atom. The Morgan fingerprint density at radius 2 is 1.72 bits per heavy atom. The SMILES string of the molecule is CC(=N)N1C(=N)CN=C(c2ccc(Cl)cc2)c2cc(OCC(=O)c3ccc(S(C)(C)C)cc3)ccc21. The monoisotopic (exact) mass is 520 g/mol. The molecule has 36 heavy (non-hydrogen) atoms. The Morgan fingerprint density at radius 1 is 1.06 bits per heavy atom. The van der Waals surface area contributed by atoms with E-state index in [2.05, 4.69) is 23.8 Å². The van der Waals surface area contributed by atoms with Gasteiger partial charge >= 0.3 is 0 Å². The minimum Gasteiger partial charge on any atom is -0.485 e. The van der Waals surface area contributed by atoms with Crippen LogP contribution in [0, 0.1) is 10.8 Å². The summed E-state index contributed by atoms with van der Waals surface area (Å²) < 4.78 is 5.91. The Balaban J connectivity index is 1.63. The lowest BCUT2D eigenvalue weighted by Crippen LogP contribution is -2.35. The van der Waals surface area contributed by atoms with E-state index < -0.39 is 10.0 Å². The zero-order valence-electron chi connectivity index (χ0n) is 20.8. The molecule has 0 amide bonds. The molecule has 0 atom stereocenters. The van der Waals surface area contributed by atoms with Crippen molar-refractivity contribution < 1.29 is 9.53 Å². The molecule has 186 valence electrons. The molecule has 0 radical (unpaired) electrons. The first-order chi connectivity index (χ1) is 17.0. The maximum absolute atomic E-state index is 12.8. The van der Waals surface area contributed by atoms with E-state index >= 15 is 0 Å². The van der Waals surface area contributed by atoms with Gasteiger partial charge in [0.15, 0.2) is 12.4 Å². The van der Waals surface area contributed by atoms with Crippen molar-refractivity contribution in [1.29, 1.82) is 10.8 Å². The third-order valence-corrected chi connectivity index (χ3v) is 7.77. The van der Waals surface area contributed by atoms with Crippen LogP contribution in [0.3, 0.4) is 0 Å². The van der Waals surface area contributed by atoms with Crippen molar-refractivity contribution in [2.75, 3.05) is 36.8 Å². The summed E-state index contributed by atoms with van der Waals surface area (Å²) in [5.41, 5.74) is 3.50. The van der Waals surface area contributed by atoms with E-state index in [0.717, 1.165) is 5.56 Å². The molecule has 8 heteroatoms. The number of nitrogens with zero attached hydrogens (tertiary/aromatic N) is 2. The molecule has 0 spiro atoms. The molecule has 0 aromatic heterocycles. The number of halogens is 1. The quantitative estimate of drug-likeness (QED) is 0.227. The van der Waals surface area contributed by atoms with E-state index in [9.17, 15) is 4.79 Å². The second-order valence-electron chi connectivity index (χ2n) is 9.29. The topological polar surface area (TPSA) is 89.6 Å². The minimum absolute atomic E-state index is 0.100. The molecular weight excluding hydrogens is 492 g/mol. The Labute approximate surface area is 218 Å². The van der Waals surface area contributed by atoms with Gasteiger partial charge < -0.3 is 4.74 Å². The molecule has 4 rings (SSSR count). The van der Waals surface area contributed by atoms with Crippen molar-refractivity contribution in [3.63, 3.8) is 0 Å². The van der Waals surface area contributed by atoms with E-state index in [0.29, 0.717) is 33.3 Å². The third-order valence-electron chi connectivity index (χ3n) is 5.83. The Kier molecular flexibility index (Phi) is 7.33. The number of nitrogens with one attached hydrogen (secondary N) is 2. The van der Waals surface area contributed by atoms with Gasteiger partial charge in [0.2, 0.25) is 0 Å². The molecule has 0 aliphatic carbocycles. The van der Waals surface area contributed by atoms with Crippen LogP contribution in [0.4, 0.5) is 5.69 Å². The third kappa shape index (κ3) is 5.53. The average Bonchev–Trinajstić information content (AvgIpc) is 2.98. The fourth-order valence-electron chi connectivity index (χ4n) is 3.96. The fraction of sp³-hybridized carbons (Fsp3) is 0.214. The lowest BCUT2D eigenvalue weighted by atomic mass is 9.99. The number of amidine groups is 2. The van der Waals surface area contributed by atoms with E-state index in [4.69, 9.17) is 27.2 Å². The number of ether oxygens (including phenoxy) is 1. The number of aliphatic imine (C=N–C) groups is 1. The van der Waals surface area contributed by atoms with Crippen LogP contribution < -0.4 is 9.64 Å². The van der Waals surface area contributed by atoms with Crippen molar-refractivity contribution >= 4 is 50.5 Å². The number of fused-ring (bicyclic) bond motifs is 1. The normalized spacial score (nSPS) is 14.0. The Hall–Kier alpha value is -3.42. The van der Waals surface area contributed by atoms with Crippen LogP contribution in [0.25, 0.3) is 0 Å². The minimum atomic E-state index is -0.853. The van der Waals surface area contributed by atoms with Gasteiger partial charge in [-0.1, -0.05) is 35.9 Å². The summed E-state index contributed by atoms with van der Waals surface area (Å²) in [6, 6.07) is 20.5. The predicted molar refractivity (Wildman–Crippen MR) is 152 cm³/mol. The van der Waals surface area contributed by atoms with Crippen molar-refractivity contribution in [3.05, 3.63) is 88.4 Å². The van der Waals surface area contributed by atoms with Crippen LogP contribution in [0.15, 0.2) is 76.6 Å². The highest BCUT2D eigenvalue weighted by atomic mass is 35.5. The number of anilines is 1. The molecule has 0 bridgehead atoms. The summed E-state index contributed by atoms with van der Waals surface area (Å²) in [6.07, 6.45) is 6.65. The summed E-state index contributed by atoms with van der Waals surface area (Å²) >= 11 is 6.09. The summed E-state index contributed by atoms with van der Waals surface area (Å²) in [7, 11) is -0.853. The van der Waals surface area contributed by atoms with Crippen LogP contribution >= 0.6 is 21.6 Å². The Bertz CT molecular complexity index is 1360. The zero-order valence-corrected chi connectivity index (χ0v) is 22.3. The number of carbonyl (C=O) groups is 1. The number of benzodiazepines with no additional fused rings is 1. The number of hydrogen-bond acceptors (Lipinski definition) is 5. The highest BCUT2D eigenvalue weighted by Gasteiger charge is 2.25. The number of ketones is 1. The van der Waals surface area contributed by atoms with Crippen LogP contribution in [-0.4, -0.2) is 55.1 Å². The summed E-state index contributed by atoms with van der Waals surface area (Å²) in [4.78, 5) is 20.3. The molecule has 1 heterocycles. The summed E-state index contributed by atoms with van der Waals surface area (Å²) in [6.45, 7) is 1.67. The lowest BCUT2D eigenvalue weighted by molar-refractivity contribution is 0.0921. The first-order valence-electron chi connectivity index (χ1n) is 11.4. The number of hydrogen-bond donors (Lipinski definition) is 2. The van der Waals surface area contributed by atoms with Crippen LogP contribution in [0.2, 0.25) is 5.02 Å². The maximum Gasteiger partial charge on any atom is 0.200 e. The number of Topliss-reactive ketones (excluding diaryl/α,β-unsaturated/α-hetero) is 1. The lowest BCUT2D eigenvalue weighted by Gasteiger charge is -2.25. The van der Waals surface area contributed by atoms with E-state index in [1.807, 2.05) is 42.5 Å². The summed E-state index contributed by atoms with van der Waals surface area (Å²) in [5.74, 6) is 0.830. The fourth-order valence-corrected chi connectivity index (χ4v) is 5.04. The molecule has 3 aromatic rings. The van der Waals surface area contributed by atoms with Gasteiger partial charge in [0.1, 0.15) is 17.4 Å². The average molecular weight is 521 g/mol. The standard InChI is InChI=1S/C28H29ClN4O2S/c1-18(30)33-25-14-11-22(35-17-26(34)19-7-12-23(13-8-19)36(2,3)4)15-24(25)28(32-16-27(33)31)20-5-9-21(29)10-6-20/h5-15,30-31H,16-17H2,1-4H3. The second kappa shape index (κ2) is 10.3. The van der Waals surface area contributed by atoms with Gasteiger partial charge in [0.25, 0.3) is 0 Å². The molecule has 0 saturated carbocycles.